The maximum atomic E-state index is 12.5. The van der Waals surface area contributed by atoms with Crippen LogP contribution in [0.15, 0.2) is 72.1 Å². The summed E-state index contributed by atoms with van der Waals surface area (Å²) in [6.07, 6.45) is 2.86. The highest BCUT2D eigenvalue weighted by Crippen LogP contribution is 2.36. The molecule has 0 bridgehead atoms. The lowest BCUT2D eigenvalue weighted by Gasteiger charge is -2.09. The first-order valence-electron chi connectivity index (χ1n) is 9.62. The van der Waals surface area contributed by atoms with Crippen molar-refractivity contribution >= 4 is 40.3 Å². The van der Waals surface area contributed by atoms with Gasteiger partial charge < -0.3 is 14.8 Å². The van der Waals surface area contributed by atoms with Gasteiger partial charge in [-0.05, 0) is 24.1 Å². The third-order valence-corrected chi connectivity index (χ3v) is 5.06. The van der Waals surface area contributed by atoms with E-state index in [4.69, 9.17) is 9.47 Å². The summed E-state index contributed by atoms with van der Waals surface area (Å²) >= 11 is 1.21. The van der Waals surface area contributed by atoms with Crippen molar-refractivity contribution < 1.29 is 23.9 Å². The Morgan fingerprint density at radius 1 is 0.968 bits per heavy atom. The molecule has 0 saturated carbocycles. The second-order valence-corrected chi connectivity index (χ2v) is 7.22. The van der Waals surface area contributed by atoms with Crippen molar-refractivity contribution in [2.24, 2.45) is 0 Å². The minimum atomic E-state index is -0.638. The first-order valence-corrected chi connectivity index (χ1v) is 10.5. The predicted octanol–water partition coefficient (Wildman–Crippen LogP) is 4.79. The molecule has 7 heteroatoms. The van der Waals surface area contributed by atoms with Crippen LogP contribution in [0.3, 0.4) is 0 Å². The third kappa shape index (κ3) is 6.13. The number of hydrogen-bond donors (Lipinski definition) is 1. The topological polar surface area (TPSA) is 81.7 Å². The number of benzene rings is 2. The predicted molar refractivity (Wildman–Crippen MR) is 121 cm³/mol. The first-order chi connectivity index (χ1) is 15.1. The Morgan fingerprint density at radius 2 is 1.65 bits per heavy atom. The third-order valence-electron chi connectivity index (χ3n) is 4.17. The van der Waals surface area contributed by atoms with E-state index < -0.39 is 24.5 Å². The second-order valence-electron chi connectivity index (χ2n) is 6.34. The van der Waals surface area contributed by atoms with E-state index in [0.29, 0.717) is 10.6 Å². The van der Waals surface area contributed by atoms with Crippen LogP contribution in [0.25, 0.3) is 17.2 Å². The van der Waals surface area contributed by atoms with E-state index in [9.17, 15) is 14.4 Å². The van der Waals surface area contributed by atoms with E-state index in [1.54, 1.807) is 18.4 Å². The van der Waals surface area contributed by atoms with E-state index in [2.05, 4.69) is 5.32 Å². The number of amides is 1. The largest absolute Gasteiger partial charge is 0.462 e. The number of nitrogens with one attached hydrogen (secondary N) is 1. The molecule has 1 aromatic heterocycles. The van der Waals surface area contributed by atoms with Gasteiger partial charge in [-0.3, -0.25) is 4.79 Å². The molecule has 31 heavy (non-hydrogen) atoms. The van der Waals surface area contributed by atoms with Gasteiger partial charge >= 0.3 is 11.9 Å². The standard InChI is InChI=1S/C24H21NO5S/c1-2-29-24(28)22-19(18-11-7-4-8-12-18)16-31-23(22)25-20(26)15-30-21(27)14-13-17-9-5-3-6-10-17/h3-14,16H,2,15H2,1H3,(H,25,26)/b14-13+. The van der Waals surface area contributed by atoms with E-state index in [0.717, 1.165) is 11.1 Å². The fraction of sp³-hybridized carbons (Fsp3) is 0.125. The van der Waals surface area contributed by atoms with E-state index in [1.165, 1.54) is 17.4 Å². The Hall–Kier alpha value is -3.71. The van der Waals surface area contributed by atoms with Crippen LogP contribution in [0.2, 0.25) is 0 Å². The zero-order valence-electron chi connectivity index (χ0n) is 16.9. The van der Waals surface area contributed by atoms with Crippen LogP contribution in [0.1, 0.15) is 22.8 Å². The monoisotopic (exact) mass is 435 g/mol. The van der Waals surface area contributed by atoms with Crippen molar-refractivity contribution in [3.8, 4) is 11.1 Å². The summed E-state index contributed by atoms with van der Waals surface area (Å²) < 4.78 is 10.2. The Labute approximate surface area is 184 Å². The molecule has 158 valence electrons. The van der Waals surface area contributed by atoms with Crippen molar-refractivity contribution in [2.75, 3.05) is 18.5 Å². The molecule has 0 aliphatic rings. The second kappa shape index (κ2) is 10.9. The van der Waals surface area contributed by atoms with Gasteiger partial charge in [-0.2, -0.15) is 0 Å². The molecule has 3 aromatic rings. The average molecular weight is 436 g/mol. The quantitative estimate of drug-likeness (QED) is 0.407. The SMILES string of the molecule is CCOC(=O)c1c(-c2ccccc2)csc1NC(=O)COC(=O)/C=C/c1ccccc1. The van der Waals surface area contributed by atoms with Crippen molar-refractivity contribution in [1.82, 2.24) is 0 Å². The highest BCUT2D eigenvalue weighted by Gasteiger charge is 2.23. The Balaban J connectivity index is 1.66. The summed E-state index contributed by atoms with van der Waals surface area (Å²) in [6, 6.07) is 18.6. The van der Waals surface area contributed by atoms with Gasteiger partial charge in [0.25, 0.3) is 5.91 Å². The van der Waals surface area contributed by atoms with Crippen LogP contribution in [-0.4, -0.2) is 31.1 Å². The van der Waals surface area contributed by atoms with Crippen LogP contribution in [0.4, 0.5) is 5.00 Å². The summed E-state index contributed by atoms with van der Waals surface area (Å²) in [5, 5.41) is 4.78. The molecule has 0 saturated heterocycles. The number of rotatable bonds is 8. The van der Waals surface area contributed by atoms with Gasteiger partial charge in [0.15, 0.2) is 6.61 Å². The lowest BCUT2D eigenvalue weighted by atomic mass is 10.0. The Morgan fingerprint density at radius 3 is 2.32 bits per heavy atom. The number of thiophene rings is 1. The maximum Gasteiger partial charge on any atom is 0.341 e. The zero-order valence-corrected chi connectivity index (χ0v) is 17.7. The molecular formula is C24H21NO5S. The maximum absolute atomic E-state index is 12.5. The van der Waals surface area contributed by atoms with Gasteiger partial charge in [0, 0.05) is 17.0 Å². The van der Waals surface area contributed by atoms with Gasteiger partial charge in [-0.25, -0.2) is 9.59 Å². The van der Waals surface area contributed by atoms with Crippen LogP contribution in [0.5, 0.6) is 0 Å². The minimum absolute atomic E-state index is 0.210. The molecule has 1 N–H and O–H groups in total. The lowest BCUT2D eigenvalue weighted by molar-refractivity contribution is -0.142. The molecule has 0 spiro atoms. The lowest BCUT2D eigenvalue weighted by Crippen LogP contribution is -2.21. The highest BCUT2D eigenvalue weighted by atomic mass is 32.1. The van der Waals surface area contributed by atoms with Crippen LogP contribution < -0.4 is 5.32 Å². The summed E-state index contributed by atoms with van der Waals surface area (Å²) in [6.45, 7) is 1.45. The van der Waals surface area contributed by atoms with Crippen molar-refractivity contribution in [2.45, 2.75) is 6.92 Å². The fourth-order valence-electron chi connectivity index (χ4n) is 2.76. The minimum Gasteiger partial charge on any atom is -0.462 e. The molecule has 2 aromatic carbocycles. The van der Waals surface area contributed by atoms with Gasteiger partial charge in [0.2, 0.25) is 0 Å². The molecule has 0 atom stereocenters. The smallest absolute Gasteiger partial charge is 0.341 e. The van der Waals surface area contributed by atoms with Crippen LogP contribution >= 0.6 is 11.3 Å². The van der Waals surface area contributed by atoms with Gasteiger partial charge in [-0.15, -0.1) is 11.3 Å². The number of hydrogen-bond acceptors (Lipinski definition) is 6. The Kier molecular flexibility index (Phi) is 7.73. The molecule has 0 radical (unpaired) electrons. The summed E-state index contributed by atoms with van der Waals surface area (Å²) in [4.78, 5) is 36.7. The number of esters is 2. The summed E-state index contributed by atoms with van der Waals surface area (Å²) in [7, 11) is 0. The molecule has 0 aliphatic carbocycles. The van der Waals surface area contributed by atoms with Gasteiger partial charge in [0.1, 0.15) is 10.6 Å². The first kappa shape index (κ1) is 22.0. The van der Waals surface area contributed by atoms with Crippen LogP contribution in [-0.2, 0) is 19.1 Å². The van der Waals surface area contributed by atoms with E-state index >= 15 is 0 Å². The summed E-state index contributed by atoms with van der Waals surface area (Å²) in [5.74, 6) is -1.71. The van der Waals surface area contributed by atoms with E-state index in [-0.39, 0.29) is 12.2 Å². The molecule has 6 nitrogen and oxygen atoms in total. The number of ether oxygens (including phenoxy) is 2. The molecule has 1 heterocycles. The van der Waals surface area contributed by atoms with Crippen molar-refractivity contribution in [1.29, 1.82) is 0 Å². The molecule has 0 fully saturated rings. The zero-order chi connectivity index (χ0) is 22.1. The molecule has 0 aliphatic heterocycles. The molecule has 3 rings (SSSR count). The number of carbonyl (C=O) groups excluding carboxylic acids is 3. The Bertz CT molecular complexity index is 1070. The molecule has 1 amide bonds. The van der Waals surface area contributed by atoms with Gasteiger partial charge in [-0.1, -0.05) is 60.7 Å². The highest BCUT2D eigenvalue weighted by molar-refractivity contribution is 7.15. The molecular weight excluding hydrogens is 414 g/mol. The number of carbonyl (C=O) groups is 3. The molecule has 0 unspecified atom stereocenters. The number of anilines is 1. The van der Waals surface area contributed by atoms with E-state index in [1.807, 2.05) is 60.7 Å². The summed E-state index contributed by atoms with van der Waals surface area (Å²) in [5.41, 5.74) is 2.62. The van der Waals surface area contributed by atoms with Gasteiger partial charge in [0.05, 0.1) is 6.61 Å². The normalized spacial score (nSPS) is 10.6. The van der Waals surface area contributed by atoms with Crippen molar-refractivity contribution in [3.05, 3.63) is 83.2 Å². The fourth-order valence-corrected chi connectivity index (χ4v) is 3.74. The van der Waals surface area contributed by atoms with Crippen LogP contribution in [0, 0.1) is 0 Å². The van der Waals surface area contributed by atoms with Crippen molar-refractivity contribution in [3.63, 3.8) is 0 Å². The average Bonchev–Trinajstić information content (AvgIpc) is 3.21.